The van der Waals surface area contributed by atoms with Crippen molar-refractivity contribution in [3.8, 4) is 0 Å². The molecule has 2 aromatic carbocycles. The highest BCUT2D eigenvalue weighted by molar-refractivity contribution is 14.0. The van der Waals surface area contributed by atoms with Crippen molar-refractivity contribution in [1.82, 2.24) is 20.4 Å². The summed E-state index contributed by atoms with van der Waals surface area (Å²) in [5.74, 6) is 1.86. The minimum Gasteiger partial charge on any atom is -0.357 e. The van der Waals surface area contributed by atoms with E-state index in [0.717, 1.165) is 38.6 Å². The second-order valence-corrected chi connectivity index (χ2v) is 9.11. The van der Waals surface area contributed by atoms with Gasteiger partial charge in [0.05, 0.1) is 0 Å². The summed E-state index contributed by atoms with van der Waals surface area (Å²) in [4.78, 5) is 9.91. The fourth-order valence-electron chi connectivity index (χ4n) is 4.27. The van der Waals surface area contributed by atoms with Gasteiger partial charge < -0.3 is 20.4 Å². The number of hydrogen-bond donors (Lipinski definition) is 2. The van der Waals surface area contributed by atoms with Crippen LogP contribution in [0.1, 0.15) is 30.9 Å². The molecule has 0 spiro atoms. The van der Waals surface area contributed by atoms with Crippen LogP contribution in [0.15, 0.2) is 65.7 Å². The van der Waals surface area contributed by atoms with E-state index in [1.807, 2.05) is 0 Å². The van der Waals surface area contributed by atoms with Crippen LogP contribution in [0.25, 0.3) is 0 Å². The van der Waals surface area contributed by atoms with E-state index < -0.39 is 0 Å². The number of hydrogen-bond acceptors (Lipinski definition) is 3. The van der Waals surface area contributed by atoms with E-state index in [9.17, 15) is 0 Å². The molecule has 182 valence electrons. The van der Waals surface area contributed by atoms with Gasteiger partial charge in [-0.1, -0.05) is 67.6 Å². The monoisotopic (exact) mass is 563 g/mol. The van der Waals surface area contributed by atoms with E-state index in [4.69, 9.17) is 4.99 Å². The molecule has 1 aliphatic rings. The number of piperazine rings is 1. The molecule has 5 nitrogen and oxygen atoms in total. The summed E-state index contributed by atoms with van der Waals surface area (Å²) in [6.45, 7) is 12.8. The van der Waals surface area contributed by atoms with Crippen LogP contribution in [0.4, 0.5) is 0 Å². The number of guanidine groups is 1. The smallest absolute Gasteiger partial charge is 0.191 e. The first-order valence-corrected chi connectivity index (χ1v) is 12.2. The highest BCUT2D eigenvalue weighted by Gasteiger charge is 2.16. The number of rotatable bonds is 10. The Balaban J connectivity index is 0.00000385. The molecule has 2 atom stereocenters. The van der Waals surface area contributed by atoms with Gasteiger partial charge in [-0.15, -0.1) is 24.0 Å². The van der Waals surface area contributed by atoms with Gasteiger partial charge in [0.2, 0.25) is 0 Å². The summed E-state index contributed by atoms with van der Waals surface area (Å²) in [6.07, 6.45) is 1.01. The Labute approximate surface area is 218 Å². The molecule has 1 saturated heterocycles. The third-order valence-electron chi connectivity index (χ3n) is 6.18. The first kappa shape index (κ1) is 27.6. The Kier molecular flexibility index (Phi) is 12.8. The summed E-state index contributed by atoms with van der Waals surface area (Å²) in [5.41, 5.74) is 2.73. The molecule has 1 aliphatic heterocycles. The van der Waals surface area contributed by atoms with E-state index in [0.29, 0.717) is 11.8 Å². The van der Waals surface area contributed by atoms with Crippen LogP contribution in [0.5, 0.6) is 0 Å². The van der Waals surface area contributed by atoms with Crippen LogP contribution in [-0.2, 0) is 6.42 Å². The molecule has 3 rings (SSSR count). The van der Waals surface area contributed by atoms with Crippen LogP contribution in [0.2, 0.25) is 0 Å². The average molecular weight is 564 g/mol. The number of nitrogens with zero attached hydrogens (tertiary/aromatic N) is 3. The van der Waals surface area contributed by atoms with E-state index in [-0.39, 0.29) is 24.0 Å². The Hall–Kier alpha value is -1.64. The quantitative estimate of drug-likeness (QED) is 0.260. The van der Waals surface area contributed by atoms with Gasteiger partial charge in [0.15, 0.2) is 5.96 Å². The maximum atomic E-state index is 4.92. The molecule has 0 radical (unpaired) electrons. The lowest BCUT2D eigenvalue weighted by molar-refractivity contribution is 0.140. The van der Waals surface area contributed by atoms with Crippen LogP contribution in [0.3, 0.4) is 0 Å². The number of benzene rings is 2. The maximum absolute atomic E-state index is 4.92. The SMILES string of the molecule is CCNC(=NCC(C)CN1CCN(C)CC1)NCC(Cc1ccccc1)c1ccccc1.I. The molecular weight excluding hydrogens is 521 g/mol. The summed E-state index contributed by atoms with van der Waals surface area (Å²) in [5, 5.41) is 7.06. The van der Waals surface area contributed by atoms with E-state index in [1.54, 1.807) is 0 Å². The number of nitrogens with one attached hydrogen (secondary N) is 2. The van der Waals surface area contributed by atoms with Gasteiger partial charge in [-0.25, -0.2) is 0 Å². The van der Waals surface area contributed by atoms with Gasteiger partial charge in [-0.2, -0.15) is 0 Å². The molecule has 2 N–H and O–H groups in total. The number of halogens is 1. The van der Waals surface area contributed by atoms with Gasteiger partial charge >= 0.3 is 0 Å². The molecular formula is C27H42IN5. The molecule has 0 amide bonds. The molecule has 33 heavy (non-hydrogen) atoms. The van der Waals surface area contributed by atoms with Gasteiger partial charge in [-0.3, -0.25) is 4.99 Å². The van der Waals surface area contributed by atoms with E-state index in [2.05, 4.69) is 102 Å². The highest BCUT2D eigenvalue weighted by atomic mass is 127. The first-order chi connectivity index (χ1) is 15.6. The Morgan fingerprint density at radius 3 is 2.21 bits per heavy atom. The van der Waals surface area contributed by atoms with E-state index in [1.165, 1.54) is 37.3 Å². The van der Waals surface area contributed by atoms with E-state index >= 15 is 0 Å². The van der Waals surface area contributed by atoms with Gasteiger partial charge in [0.25, 0.3) is 0 Å². The average Bonchev–Trinajstić information content (AvgIpc) is 2.82. The normalized spacial score (nSPS) is 17.1. The lowest BCUT2D eigenvalue weighted by atomic mass is 9.92. The predicted molar refractivity (Wildman–Crippen MR) is 152 cm³/mol. The van der Waals surface area contributed by atoms with Crippen molar-refractivity contribution in [2.45, 2.75) is 26.2 Å². The minimum atomic E-state index is 0. The zero-order valence-electron chi connectivity index (χ0n) is 20.5. The molecule has 0 bridgehead atoms. The fourth-order valence-corrected chi connectivity index (χ4v) is 4.27. The van der Waals surface area contributed by atoms with Crippen molar-refractivity contribution in [3.63, 3.8) is 0 Å². The summed E-state index contributed by atoms with van der Waals surface area (Å²) >= 11 is 0. The number of aliphatic imine (C=N–C) groups is 1. The standard InChI is InChI=1S/C27H41N5.HI/c1-4-28-27(29-20-23(2)22-32-17-15-31(3)16-18-32)30-21-26(25-13-9-6-10-14-25)19-24-11-7-5-8-12-24;/h5-14,23,26H,4,15-22H2,1-3H3,(H2,28,29,30);1H. The Bertz CT molecular complexity index is 791. The summed E-state index contributed by atoms with van der Waals surface area (Å²) < 4.78 is 0. The molecule has 2 unspecified atom stereocenters. The van der Waals surface area contributed by atoms with Gasteiger partial charge in [-0.05, 0) is 37.4 Å². The third kappa shape index (κ3) is 10.0. The molecule has 1 fully saturated rings. The second kappa shape index (κ2) is 15.3. The highest BCUT2D eigenvalue weighted by Crippen LogP contribution is 2.20. The van der Waals surface area contributed by atoms with Crippen molar-refractivity contribution in [2.24, 2.45) is 10.9 Å². The zero-order chi connectivity index (χ0) is 22.6. The largest absolute Gasteiger partial charge is 0.357 e. The Morgan fingerprint density at radius 1 is 0.939 bits per heavy atom. The van der Waals surface area contributed by atoms with Crippen LogP contribution in [-0.4, -0.2) is 75.2 Å². The summed E-state index contributed by atoms with van der Waals surface area (Å²) in [6, 6.07) is 21.6. The topological polar surface area (TPSA) is 42.9 Å². The zero-order valence-corrected chi connectivity index (χ0v) is 22.9. The second-order valence-electron chi connectivity index (χ2n) is 9.11. The van der Waals surface area contributed by atoms with Crippen molar-refractivity contribution >= 4 is 29.9 Å². The molecule has 6 heteroatoms. The fraction of sp³-hybridized carbons (Fsp3) is 0.519. The molecule has 1 heterocycles. The van der Waals surface area contributed by atoms with Crippen LogP contribution in [0, 0.1) is 5.92 Å². The molecule has 0 aromatic heterocycles. The molecule has 2 aromatic rings. The van der Waals surface area contributed by atoms with Gasteiger partial charge in [0.1, 0.15) is 0 Å². The lowest BCUT2D eigenvalue weighted by Gasteiger charge is -2.33. The van der Waals surface area contributed by atoms with Crippen molar-refractivity contribution < 1.29 is 0 Å². The van der Waals surface area contributed by atoms with Crippen LogP contribution >= 0.6 is 24.0 Å². The molecule has 0 aliphatic carbocycles. The van der Waals surface area contributed by atoms with Gasteiger partial charge in [0, 0.05) is 58.3 Å². The third-order valence-corrected chi connectivity index (χ3v) is 6.18. The van der Waals surface area contributed by atoms with Crippen LogP contribution < -0.4 is 10.6 Å². The number of likely N-dealkylation sites (N-methyl/N-ethyl adjacent to an activating group) is 1. The minimum absolute atomic E-state index is 0. The summed E-state index contributed by atoms with van der Waals surface area (Å²) in [7, 11) is 2.21. The van der Waals surface area contributed by atoms with Crippen molar-refractivity contribution in [1.29, 1.82) is 0 Å². The Morgan fingerprint density at radius 2 is 1.58 bits per heavy atom. The van der Waals surface area contributed by atoms with Crippen molar-refractivity contribution in [3.05, 3.63) is 71.8 Å². The maximum Gasteiger partial charge on any atom is 0.191 e. The van der Waals surface area contributed by atoms with Crippen molar-refractivity contribution in [2.75, 3.05) is 59.4 Å². The first-order valence-electron chi connectivity index (χ1n) is 12.2. The lowest BCUT2D eigenvalue weighted by Crippen LogP contribution is -2.46. The molecule has 0 saturated carbocycles. The predicted octanol–water partition coefficient (Wildman–Crippen LogP) is 4.07.